The number of alkyl halides is 5. The molecule has 7 nitrogen and oxygen atoms in total. The Bertz CT molecular complexity index is 1490. The number of amides is 1. The van der Waals surface area contributed by atoms with E-state index in [1.807, 2.05) is 0 Å². The number of piperidine rings is 1. The van der Waals surface area contributed by atoms with Crippen LogP contribution in [0.15, 0.2) is 48.7 Å². The van der Waals surface area contributed by atoms with Gasteiger partial charge in [-0.15, -0.1) is 0 Å². The monoisotopic (exact) mass is 604 g/mol. The average molecular weight is 605 g/mol. The lowest BCUT2D eigenvalue weighted by molar-refractivity contribution is -0.143. The minimum Gasteiger partial charge on any atom is -0.481 e. The maximum atomic E-state index is 13.9. The number of carbonyl (C=O) groups excluding carboxylic acids is 1. The van der Waals surface area contributed by atoms with Gasteiger partial charge in [0.2, 0.25) is 0 Å². The zero-order valence-electron chi connectivity index (χ0n) is 23.6. The summed E-state index contributed by atoms with van der Waals surface area (Å²) in [6.45, 7) is 2.38. The summed E-state index contributed by atoms with van der Waals surface area (Å²) in [4.78, 5) is 25.9. The third-order valence-corrected chi connectivity index (χ3v) is 8.19. The molecule has 0 bridgehead atoms. The summed E-state index contributed by atoms with van der Waals surface area (Å²) in [7, 11) is 0. The van der Waals surface area contributed by atoms with E-state index in [2.05, 4.69) is 10.4 Å². The van der Waals surface area contributed by atoms with E-state index < -0.39 is 36.4 Å². The predicted molar refractivity (Wildman–Crippen MR) is 150 cm³/mol. The van der Waals surface area contributed by atoms with Crippen LogP contribution in [0.5, 0.6) is 0 Å². The molecule has 1 unspecified atom stereocenters. The van der Waals surface area contributed by atoms with Crippen LogP contribution in [0.2, 0.25) is 0 Å². The molecule has 2 atom stereocenters. The summed E-state index contributed by atoms with van der Waals surface area (Å²) >= 11 is 0. The van der Waals surface area contributed by atoms with E-state index in [1.54, 1.807) is 55.6 Å². The normalized spacial score (nSPS) is 19.0. The standard InChI is InChI=1S/C31H33F5N4O3/c1-19-15-24(40-18-22-16-30(32,33)12-10-26(22)38-40)8-9-25(19)27(11-13-31(34,35)36)37-23-6-4-20(5-7-23)28(41)39-14-2-3-21(17-39)29(42)43/h4-9,15,18,21,27,37H,2-3,10-14,16-17H2,1H3,(H,42,43)/t21-,27?/m1/s1. The highest BCUT2D eigenvalue weighted by Gasteiger charge is 2.36. The molecule has 2 aromatic carbocycles. The molecule has 0 radical (unpaired) electrons. The Morgan fingerprint density at radius 3 is 2.58 bits per heavy atom. The number of aryl methyl sites for hydroxylation is 2. The van der Waals surface area contributed by atoms with Gasteiger partial charge in [0.15, 0.2) is 0 Å². The van der Waals surface area contributed by atoms with Crippen molar-refractivity contribution in [1.29, 1.82) is 0 Å². The Morgan fingerprint density at radius 2 is 1.91 bits per heavy atom. The number of benzene rings is 2. The smallest absolute Gasteiger partial charge is 0.389 e. The Hall–Kier alpha value is -3.96. The Kier molecular flexibility index (Phi) is 8.49. The highest BCUT2D eigenvalue weighted by atomic mass is 19.4. The summed E-state index contributed by atoms with van der Waals surface area (Å²) in [5, 5.41) is 17.0. The first kappa shape index (κ1) is 30.5. The maximum absolute atomic E-state index is 13.9. The minimum absolute atomic E-state index is 0.136. The van der Waals surface area contributed by atoms with Crippen LogP contribution in [0.25, 0.3) is 5.69 Å². The number of fused-ring (bicyclic) bond motifs is 1. The Balaban J connectivity index is 1.33. The van der Waals surface area contributed by atoms with E-state index in [9.17, 15) is 36.6 Å². The lowest BCUT2D eigenvalue weighted by Gasteiger charge is -2.30. The van der Waals surface area contributed by atoms with Crippen LogP contribution >= 0.6 is 0 Å². The number of rotatable bonds is 8. The average Bonchev–Trinajstić information content (AvgIpc) is 3.37. The number of anilines is 1. The molecule has 1 fully saturated rings. The molecule has 1 saturated heterocycles. The van der Waals surface area contributed by atoms with Crippen LogP contribution in [0.1, 0.15) is 70.9 Å². The van der Waals surface area contributed by atoms with Crippen molar-refractivity contribution in [2.24, 2.45) is 5.92 Å². The summed E-state index contributed by atoms with van der Waals surface area (Å²) < 4.78 is 69.0. The molecular weight excluding hydrogens is 571 g/mol. The molecular formula is C31H33F5N4O3. The van der Waals surface area contributed by atoms with Crippen LogP contribution in [-0.2, 0) is 17.6 Å². The molecule has 1 aromatic heterocycles. The highest BCUT2D eigenvalue weighted by Crippen LogP contribution is 2.35. The number of aliphatic carboxylic acids is 1. The fourth-order valence-electron chi connectivity index (χ4n) is 5.87. The maximum Gasteiger partial charge on any atom is 0.389 e. The SMILES string of the molecule is Cc1cc(-n2cc3c(n2)CCC(F)(F)C3)ccc1C(CCC(F)(F)F)Nc1ccc(C(=O)N2CCC[C@@H](C(=O)O)C2)cc1. The highest BCUT2D eigenvalue weighted by molar-refractivity contribution is 5.95. The van der Waals surface area contributed by atoms with Gasteiger partial charge in [-0.2, -0.15) is 18.3 Å². The second-order valence-electron chi connectivity index (χ2n) is 11.5. The number of nitrogens with zero attached hydrogens (tertiary/aromatic N) is 3. The van der Waals surface area contributed by atoms with Gasteiger partial charge in [0.25, 0.3) is 11.8 Å². The van der Waals surface area contributed by atoms with Gasteiger partial charge >= 0.3 is 12.1 Å². The molecule has 43 heavy (non-hydrogen) atoms. The fraction of sp³-hybridized carbons (Fsp3) is 0.452. The third-order valence-electron chi connectivity index (χ3n) is 8.19. The Morgan fingerprint density at radius 1 is 1.16 bits per heavy atom. The van der Waals surface area contributed by atoms with Gasteiger partial charge in [0.1, 0.15) is 0 Å². The lowest BCUT2D eigenvalue weighted by atomic mass is 9.95. The van der Waals surface area contributed by atoms with Crippen molar-refractivity contribution in [3.63, 3.8) is 0 Å². The van der Waals surface area contributed by atoms with Crippen LogP contribution < -0.4 is 5.32 Å². The minimum atomic E-state index is -4.36. The number of carbonyl (C=O) groups is 2. The van der Waals surface area contributed by atoms with Gasteiger partial charge < -0.3 is 15.3 Å². The zero-order valence-corrected chi connectivity index (χ0v) is 23.6. The number of likely N-dealkylation sites (tertiary alicyclic amines) is 1. The van der Waals surface area contributed by atoms with Gasteiger partial charge in [-0.25, -0.2) is 13.5 Å². The van der Waals surface area contributed by atoms with Gasteiger partial charge in [0.05, 0.1) is 23.3 Å². The first-order chi connectivity index (χ1) is 20.3. The van der Waals surface area contributed by atoms with Crippen molar-refractivity contribution in [2.45, 2.75) is 70.0 Å². The largest absolute Gasteiger partial charge is 0.481 e. The van der Waals surface area contributed by atoms with Crippen molar-refractivity contribution in [1.82, 2.24) is 14.7 Å². The van der Waals surface area contributed by atoms with Crippen molar-refractivity contribution in [2.75, 3.05) is 18.4 Å². The van der Waals surface area contributed by atoms with Crippen molar-refractivity contribution in [3.8, 4) is 5.69 Å². The summed E-state index contributed by atoms with van der Waals surface area (Å²) in [6.07, 6.45) is -3.34. The van der Waals surface area contributed by atoms with Gasteiger partial charge in [-0.1, -0.05) is 6.07 Å². The molecule has 0 spiro atoms. The predicted octanol–water partition coefficient (Wildman–Crippen LogP) is 6.74. The van der Waals surface area contributed by atoms with E-state index in [0.29, 0.717) is 58.7 Å². The van der Waals surface area contributed by atoms with Gasteiger partial charge in [0, 0.05) is 49.8 Å². The van der Waals surface area contributed by atoms with E-state index in [4.69, 9.17) is 0 Å². The number of carboxylic acid groups (broad SMARTS) is 1. The zero-order chi connectivity index (χ0) is 30.9. The number of hydrogen-bond donors (Lipinski definition) is 2. The van der Waals surface area contributed by atoms with Gasteiger partial charge in [-0.05, 0) is 85.7 Å². The first-order valence-electron chi connectivity index (χ1n) is 14.3. The molecule has 2 heterocycles. The molecule has 3 aromatic rings. The second-order valence-corrected chi connectivity index (χ2v) is 11.5. The number of hydrogen-bond acceptors (Lipinski definition) is 4. The Labute approximate surface area is 245 Å². The first-order valence-corrected chi connectivity index (χ1v) is 14.3. The third kappa shape index (κ3) is 7.34. The van der Waals surface area contributed by atoms with Gasteiger partial charge in [-0.3, -0.25) is 9.59 Å². The fourth-order valence-corrected chi connectivity index (χ4v) is 5.87. The van der Waals surface area contributed by atoms with E-state index in [-0.39, 0.29) is 38.1 Å². The lowest BCUT2D eigenvalue weighted by Crippen LogP contribution is -2.42. The number of carboxylic acids is 1. The molecule has 2 aliphatic rings. The van der Waals surface area contributed by atoms with Crippen molar-refractivity contribution in [3.05, 3.63) is 76.6 Å². The molecule has 1 aliphatic carbocycles. The number of halogens is 5. The van der Waals surface area contributed by atoms with Crippen LogP contribution in [0.4, 0.5) is 27.6 Å². The molecule has 5 rings (SSSR count). The molecule has 230 valence electrons. The summed E-state index contributed by atoms with van der Waals surface area (Å²) in [5.74, 6) is -4.59. The topological polar surface area (TPSA) is 87.5 Å². The molecule has 0 saturated carbocycles. The van der Waals surface area contributed by atoms with Crippen LogP contribution in [0.3, 0.4) is 0 Å². The quantitative estimate of drug-likeness (QED) is 0.278. The van der Waals surface area contributed by atoms with E-state index in [1.165, 1.54) is 9.58 Å². The molecule has 1 amide bonds. The molecule has 2 N–H and O–H groups in total. The molecule has 1 aliphatic heterocycles. The van der Waals surface area contributed by atoms with Crippen molar-refractivity contribution >= 4 is 17.6 Å². The summed E-state index contributed by atoms with van der Waals surface area (Å²) in [5.41, 5.74) is 3.98. The van der Waals surface area contributed by atoms with Crippen LogP contribution in [0, 0.1) is 12.8 Å². The number of aromatic nitrogens is 2. The second kappa shape index (κ2) is 12.0. The van der Waals surface area contributed by atoms with Crippen LogP contribution in [-0.4, -0.2) is 56.9 Å². The van der Waals surface area contributed by atoms with E-state index in [0.717, 1.165) is 0 Å². The number of nitrogens with one attached hydrogen (secondary N) is 1. The van der Waals surface area contributed by atoms with E-state index >= 15 is 0 Å². The summed E-state index contributed by atoms with van der Waals surface area (Å²) in [6, 6.07) is 10.9. The van der Waals surface area contributed by atoms with Crippen molar-refractivity contribution < 1.29 is 36.6 Å². The molecule has 12 heteroatoms.